The van der Waals surface area contributed by atoms with Crippen LogP contribution < -0.4 is 5.32 Å². The zero-order valence-corrected chi connectivity index (χ0v) is 12.8. The highest BCUT2D eigenvalue weighted by molar-refractivity contribution is 5.81. The highest BCUT2D eigenvalue weighted by Crippen LogP contribution is 2.18. The molecule has 3 nitrogen and oxygen atoms in total. The Morgan fingerprint density at radius 2 is 2.00 bits per heavy atom. The van der Waals surface area contributed by atoms with E-state index in [1.807, 2.05) is 12.3 Å². The highest BCUT2D eigenvalue weighted by Gasteiger charge is 2.11. The van der Waals surface area contributed by atoms with Gasteiger partial charge in [0.25, 0.3) is 0 Å². The molecule has 2 aromatic rings. The smallest absolute Gasteiger partial charge is 0.0704 e. The Hall–Kier alpha value is -1.45. The van der Waals surface area contributed by atoms with Crippen molar-refractivity contribution < 1.29 is 0 Å². The van der Waals surface area contributed by atoms with Gasteiger partial charge in [0.15, 0.2) is 0 Å². The van der Waals surface area contributed by atoms with E-state index in [0.29, 0.717) is 6.04 Å². The first-order chi connectivity index (χ1) is 9.70. The largest absolute Gasteiger partial charge is 0.314 e. The van der Waals surface area contributed by atoms with Crippen LogP contribution in [0, 0.1) is 0 Å². The number of likely N-dealkylation sites (N-methyl/N-ethyl adjacent to an activating group) is 1. The zero-order chi connectivity index (χ0) is 14.4. The third-order valence-corrected chi connectivity index (χ3v) is 3.62. The first-order valence-corrected chi connectivity index (χ1v) is 7.41. The maximum Gasteiger partial charge on any atom is 0.0704 e. The molecule has 1 unspecified atom stereocenters. The van der Waals surface area contributed by atoms with Crippen molar-refractivity contribution in [1.29, 1.82) is 0 Å². The summed E-state index contributed by atoms with van der Waals surface area (Å²) in [6.45, 7) is 4.30. The van der Waals surface area contributed by atoms with Gasteiger partial charge in [0.1, 0.15) is 0 Å². The highest BCUT2D eigenvalue weighted by atomic mass is 15.1. The molecule has 1 heterocycles. The second-order valence-electron chi connectivity index (χ2n) is 5.54. The van der Waals surface area contributed by atoms with Gasteiger partial charge in [0, 0.05) is 17.6 Å². The van der Waals surface area contributed by atoms with E-state index in [2.05, 4.69) is 60.5 Å². The van der Waals surface area contributed by atoms with Crippen molar-refractivity contribution in [3.8, 4) is 0 Å². The fourth-order valence-electron chi connectivity index (χ4n) is 2.58. The fraction of sp³-hybridized carbons (Fsp3) is 0.471. The van der Waals surface area contributed by atoms with E-state index < -0.39 is 0 Å². The minimum atomic E-state index is 0.521. The van der Waals surface area contributed by atoms with Gasteiger partial charge in [-0.05, 0) is 57.7 Å². The van der Waals surface area contributed by atoms with Gasteiger partial charge in [-0.25, -0.2) is 0 Å². The molecule has 0 radical (unpaired) electrons. The third kappa shape index (κ3) is 4.02. The number of fused-ring (bicyclic) bond motifs is 1. The van der Waals surface area contributed by atoms with E-state index in [-0.39, 0.29) is 0 Å². The SMILES string of the molecule is CCNC(CCN(C)C)Cc1ccnc2ccccc12. The Morgan fingerprint density at radius 3 is 2.75 bits per heavy atom. The van der Waals surface area contributed by atoms with Gasteiger partial charge >= 0.3 is 0 Å². The average Bonchev–Trinajstić information content (AvgIpc) is 2.45. The molecule has 0 amide bonds. The molecular formula is C17H25N3. The van der Waals surface area contributed by atoms with E-state index in [1.54, 1.807) is 0 Å². The van der Waals surface area contributed by atoms with Crippen molar-refractivity contribution in [2.45, 2.75) is 25.8 Å². The number of para-hydroxylation sites is 1. The molecule has 2 rings (SSSR count). The van der Waals surface area contributed by atoms with Crippen LogP contribution in [0.1, 0.15) is 18.9 Å². The van der Waals surface area contributed by atoms with Crippen LogP contribution in [0.5, 0.6) is 0 Å². The third-order valence-electron chi connectivity index (χ3n) is 3.62. The number of benzene rings is 1. The zero-order valence-electron chi connectivity index (χ0n) is 12.8. The molecule has 0 aliphatic rings. The Morgan fingerprint density at radius 1 is 1.20 bits per heavy atom. The maximum absolute atomic E-state index is 4.44. The van der Waals surface area contributed by atoms with Gasteiger partial charge in [-0.15, -0.1) is 0 Å². The normalized spacial score (nSPS) is 13.0. The summed E-state index contributed by atoms with van der Waals surface area (Å²) in [5.74, 6) is 0. The summed E-state index contributed by atoms with van der Waals surface area (Å²) in [5.41, 5.74) is 2.48. The monoisotopic (exact) mass is 271 g/mol. The van der Waals surface area contributed by atoms with Crippen LogP contribution >= 0.6 is 0 Å². The molecular weight excluding hydrogens is 246 g/mol. The molecule has 1 aromatic carbocycles. The topological polar surface area (TPSA) is 28.2 Å². The summed E-state index contributed by atoms with van der Waals surface area (Å²) >= 11 is 0. The molecule has 0 saturated carbocycles. The number of aromatic nitrogens is 1. The number of pyridine rings is 1. The van der Waals surface area contributed by atoms with Crippen molar-refractivity contribution in [3.63, 3.8) is 0 Å². The van der Waals surface area contributed by atoms with E-state index in [0.717, 1.165) is 31.4 Å². The Labute approximate surface area is 122 Å². The number of nitrogens with zero attached hydrogens (tertiary/aromatic N) is 2. The molecule has 20 heavy (non-hydrogen) atoms. The van der Waals surface area contributed by atoms with Crippen LogP contribution in [0.15, 0.2) is 36.5 Å². The Balaban J connectivity index is 2.15. The van der Waals surface area contributed by atoms with Gasteiger partial charge in [-0.1, -0.05) is 25.1 Å². The van der Waals surface area contributed by atoms with Gasteiger partial charge in [0.2, 0.25) is 0 Å². The van der Waals surface area contributed by atoms with Gasteiger partial charge in [0.05, 0.1) is 5.52 Å². The lowest BCUT2D eigenvalue weighted by Crippen LogP contribution is -2.34. The molecule has 0 spiro atoms. The molecule has 0 aliphatic heterocycles. The minimum absolute atomic E-state index is 0.521. The summed E-state index contributed by atoms with van der Waals surface area (Å²) < 4.78 is 0. The summed E-state index contributed by atoms with van der Waals surface area (Å²) in [6, 6.07) is 11.1. The Kier molecular flexibility index (Phi) is 5.50. The molecule has 0 aliphatic carbocycles. The van der Waals surface area contributed by atoms with Gasteiger partial charge < -0.3 is 10.2 Å². The molecule has 1 N–H and O–H groups in total. The quantitative estimate of drug-likeness (QED) is 0.839. The van der Waals surface area contributed by atoms with Crippen LogP contribution in [-0.2, 0) is 6.42 Å². The van der Waals surface area contributed by atoms with Crippen LogP contribution in [0.25, 0.3) is 10.9 Å². The summed E-state index contributed by atoms with van der Waals surface area (Å²) in [5, 5.41) is 4.88. The second kappa shape index (κ2) is 7.36. The molecule has 1 aromatic heterocycles. The van der Waals surface area contributed by atoms with Crippen LogP contribution in [0.3, 0.4) is 0 Å². The van der Waals surface area contributed by atoms with Crippen LogP contribution in [0.2, 0.25) is 0 Å². The van der Waals surface area contributed by atoms with Crippen molar-refractivity contribution >= 4 is 10.9 Å². The van der Waals surface area contributed by atoms with E-state index in [1.165, 1.54) is 10.9 Å². The predicted octanol–water partition coefficient (Wildman–Crippen LogP) is 2.71. The first-order valence-electron chi connectivity index (χ1n) is 7.41. The summed E-state index contributed by atoms with van der Waals surface area (Å²) in [6.07, 6.45) is 4.15. The van der Waals surface area contributed by atoms with Crippen LogP contribution in [-0.4, -0.2) is 43.1 Å². The fourth-order valence-corrected chi connectivity index (χ4v) is 2.58. The maximum atomic E-state index is 4.44. The Bertz CT molecular complexity index is 531. The van der Waals surface area contributed by atoms with Crippen molar-refractivity contribution in [1.82, 2.24) is 15.2 Å². The van der Waals surface area contributed by atoms with Crippen molar-refractivity contribution in [2.75, 3.05) is 27.2 Å². The lowest BCUT2D eigenvalue weighted by molar-refractivity contribution is 0.359. The number of rotatable bonds is 7. The van der Waals surface area contributed by atoms with E-state index in [4.69, 9.17) is 0 Å². The van der Waals surface area contributed by atoms with E-state index >= 15 is 0 Å². The predicted molar refractivity (Wildman–Crippen MR) is 86.1 cm³/mol. The molecule has 0 saturated heterocycles. The van der Waals surface area contributed by atoms with Crippen molar-refractivity contribution in [3.05, 3.63) is 42.1 Å². The average molecular weight is 271 g/mol. The minimum Gasteiger partial charge on any atom is -0.314 e. The summed E-state index contributed by atoms with van der Waals surface area (Å²) in [4.78, 5) is 6.69. The standard InChI is InChI=1S/C17H25N3/c1-4-18-15(10-12-20(2)3)13-14-9-11-19-17-8-6-5-7-16(14)17/h5-9,11,15,18H,4,10,12-13H2,1-3H3. The number of nitrogens with one attached hydrogen (secondary N) is 1. The number of hydrogen-bond acceptors (Lipinski definition) is 3. The summed E-state index contributed by atoms with van der Waals surface area (Å²) in [7, 11) is 4.26. The molecule has 3 heteroatoms. The van der Waals surface area contributed by atoms with Crippen LogP contribution in [0.4, 0.5) is 0 Å². The molecule has 0 bridgehead atoms. The lowest BCUT2D eigenvalue weighted by atomic mass is 9.99. The number of hydrogen-bond donors (Lipinski definition) is 1. The van der Waals surface area contributed by atoms with E-state index in [9.17, 15) is 0 Å². The second-order valence-corrected chi connectivity index (χ2v) is 5.54. The first kappa shape index (κ1) is 14.9. The lowest BCUT2D eigenvalue weighted by Gasteiger charge is -2.21. The van der Waals surface area contributed by atoms with Gasteiger partial charge in [-0.2, -0.15) is 0 Å². The van der Waals surface area contributed by atoms with Crippen molar-refractivity contribution in [2.24, 2.45) is 0 Å². The molecule has 1 atom stereocenters. The van der Waals surface area contributed by atoms with Gasteiger partial charge in [-0.3, -0.25) is 4.98 Å². The molecule has 0 fully saturated rings. The molecule has 108 valence electrons.